The summed E-state index contributed by atoms with van der Waals surface area (Å²) in [5.41, 5.74) is 1.18. The Balaban J connectivity index is 2.34. The highest BCUT2D eigenvalue weighted by molar-refractivity contribution is 7.90. The summed E-state index contributed by atoms with van der Waals surface area (Å²) in [6.07, 6.45) is 0. The van der Waals surface area contributed by atoms with Crippen LogP contribution >= 0.6 is 0 Å². The number of sulfone groups is 1. The lowest BCUT2D eigenvalue weighted by molar-refractivity contribution is 0.587. The second-order valence-electron chi connectivity index (χ2n) is 4.49. The van der Waals surface area contributed by atoms with E-state index in [1.165, 1.54) is 24.3 Å². The van der Waals surface area contributed by atoms with Crippen LogP contribution in [0.3, 0.4) is 0 Å². The minimum Gasteiger partial charge on any atom is -0.223 e. The number of hydrogen-bond acceptors (Lipinski definition) is 3. The van der Waals surface area contributed by atoms with Gasteiger partial charge in [-0.1, -0.05) is 23.8 Å². The van der Waals surface area contributed by atoms with Crippen molar-refractivity contribution in [2.75, 3.05) is 0 Å². The van der Waals surface area contributed by atoms with Crippen molar-refractivity contribution >= 4 is 9.84 Å². The summed E-state index contributed by atoms with van der Waals surface area (Å²) in [6, 6.07) is 12.0. The number of rotatable bonds is 3. The van der Waals surface area contributed by atoms with E-state index < -0.39 is 21.4 Å². The molecule has 2 rings (SSSR count). The molecule has 0 atom stereocenters. The first-order chi connectivity index (χ1) is 9.42. The van der Waals surface area contributed by atoms with E-state index in [1.807, 2.05) is 6.92 Å². The number of halogens is 1. The van der Waals surface area contributed by atoms with Crippen LogP contribution in [0.25, 0.3) is 0 Å². The van der Waals surface area contributed by atoms with Gasteiger partial charge in [0.05, 0.1) is 22.3 Å². The molecule has 0 aliphatic carbocycles. The molecule has 2 aromatic rings. The van der Waals surface area contributed by atoms with Gasteiger partial charge in [-0.2, -0.15) is 5.26 Å². The van der Waals surface area contributed by atoms with E-state index in [2.05, 4.69) is 0 Å². The normalized spacial score (nSPS) is 11.1. The maximum atomic E-state index is 13.7. The molecule has 0 amide bonds. The minimum absolute atomic E-state index is 0.0598. The summed E-state index contributed by atoms with van der Waals surface area (Å²) < 4.78 is 38.1. The quantitative estimate of drug-likeness (QED) is 0.872. The fraction of sp³-hybridized carbons (Fsp3) is 0.133. The highest BCUT2D eigenvalue weighted by atomic mass is 32.2. The van der Waals surface area contributed by atoms with Gasteiger partial charge in [0.25, 0.3) is 0 Å². The fourth-order valence-corrected chi connectivity index (χ4v) is 3.13. The van der Waals surface area contributed by atoms with Crippen molar-refractivity contribution in [3.63, 3.8) is 0 Å². The van der Waals surface area contributed by atoms with Crippen LogP contribution in [-0.2, 0) is 15.6 Å². The van der Waals surface area contributed by atoms with Crippen LogP contribution in [0.5, 0.6) is 0 Å². The van der Waals surface area contributed by atoms with Crippen molar-refractivity contribution in [1.82, 2.24) is 0 Å². The third-order valence-electron chi connectivity index (χ3n) is 2.91. The van der Waals surface area contributed by atoms with Crippen LogP contribution in [0.1, 0.15) is 16.7 Å². The molecule has 0 heterocycles. The Bertz CT molecular complexity index is 775. The van der Waals surface area contributed by atoms with Crippen LogP contribution in [-0.4, -0.2) is 8.42 Å². The molecule has 20 heavy (non-hydrogen) atoms. The molecule has 0 unspecified atom stereocenters. The van der Waals surface area contributed by atoms with E-state index in [0.717, 1.165) is 11.6 Å². The Morgan fingerprint density at radius 2 is 1.80 bits per heavy atom. The molecule has 0 aromatic heterocycles. The molecule has 0 N–H and O–H groups in total. The van der Waals surface area contributed by atoms with Gasteiger partial charge in [-0.15, -0.1) is 0 Å². The van der Waals surface area contributed by atoms with Gasteiger partial charge in [0.1, 0.15) is 5.82 Å². The summed E-state index contributed by atoms with van der Waals surface area (Å²) in [5, 5.41) is 8.65. The summed E-state index contributed by atoms with van der Waals surface area (Å²) in [7, 11) is -3.60. The Labute approximate surface area is 117 Å². The molecule has 5 heteroatoms. The van der Waals surface area contributed by atoms with Crippen LogP contribution in [0.2, 0.25) is 0 Å². The van der Waals surface area contributed by atoms with Crippen LogP contribution in [0, 0.1) is 24.1 Å². The number of nitriles is 1. The molecule has 0 bridgehead atoms. The van der Waals surface area contributed by atoms with E-state index in [1.54, 1.807) is 18.2 Å². The minimum atomic E-state index is -3.60. The zero-order chi connectivity index (χ0) is 14.8. The van der Waals surface area contributed by atoms with E-state index in [0.29, 0.717) is 0 Å². The standard InChI is InChI=1S/C15H12FNO2S/c1-11-2-6-14(7-3-11)20(18,19)10-13-5-4-12(9-17)8-15(13)16/h2-8H,10H2,1H3. The van der Waals surface area contributed by atoms with Gasteiger partial charge in [0, 0.05) is 5.56 Å². The van der Waals surface area contributed by atoms with Crippen molar-refractivity contribution in [3.8, 4) is 6.07 Å². The molecule has 0 saturated carbocycles. The lowest BCUT2D eigenvalue weighted by Crippen LogP contribution is -2.06. The number of hydrogen-bond donors (Lipinski definition) is 0. The average Bonchev–Trinajstić information content (AvgIpc) is 2.41. The molecule has 0 spiro atoms. The molecular weight excluding hydrogens is 277 g/mol. The van der Waals surface area contributed by atoms with Gasteiger partial charge in [0.2, 0.25) is 0 Å². The summed E-state index contributed by atoms with van der Waals surface area (Å²) in [4.78, 5) is 0.159. The SMILES string of the molecule is Cc1ccc(S(=O)(=O)Cc2ccc(C#N)cc2F)cc1. The molecular formula is C15H12FNO2S. The first-order valence-electron chi connectivity index (χ1n) is 5.90. The van der Waals surface area contributed by atoms with Crippen molar-refractivity contribution < 1.29 is 12.8 Å². The Morgan fingerprint density at radius 3 is 2.35 bits per heavy atom. The maximum Gasteiger partial charge on any atom is 0.182 e. The Hall–Kier alpha value is -2.19. The van der Waals surface area contributed by atoms with E-state index in [4.69, 9.17) is 5.26 Å². The van der Waals surface area contributed by atoms with Gasteiger partial charge in [-0.05, 0) is 31.2 Å². The molecule has 0 saturated heterocycles. The summed E-state index contributed by atoms with van der Waals surface area (Å²) in [6.45, 7) is 1.86. The highest BCUT2D eigenvalue weighted by Crippen LogP contribution is 2.19. The molecule has 0 aliphatic rings. The molecule has 3 nitrogen and oxygen atoms in total. The van der Waals surface area contributed by atoms with Gasteiger partial charge < -0.3 is 0 Å². The van der Waals surface area contributed by atoms with Crippen LogP contribution in [0.4, 0.5) is 4.39 Å². The van der Waals surface area contributed by atoms with Gasteiger partial charge in [-0.3, -0.25) is 0 Å². The second kappa shape index (κ2) is 5.43. The lowest BCUT2D eigenvalue weighted by atomic mass is 10.1. The zero-order valence-corrected chi connectivity index (χ0v) is 11.6. The van der Waals surface area contributed by atoms with Crippen LogP contribution in [0.15, 0.2) is 47.4 Å². The third-order valence-corrected chi connectivity index (χ3v) is 4.59. The Morgan fingerprint density at radius 1 is 1.15 bits per heavy atom. The lowest BCUT2D eigenvalue weighted by Gasteiger charge is -2.06. The molecule has 0 aliphatic heterocycles. The summed E-state index contributed by atoms with van der Waals surface area (Å²) >= 11 is 0. The second-order valence-corrected chi connectivity index (χ2v) is 6.48. The monoisotopic (exact) mass is 289 g/mol. The number of benzene rings is 2. The molecule has 0 radical (unpaired) electrons. The zero-order valence-electron chi connectivity index (χ0n) is 10.8. The highest BCUT2D eigenvalue weighted by Gasteiger charge is 2.17. The van der Waals surface area contributed by atoms with E-state index in [9.17, 15) is 12.8 Å². The predicted molar refractivity (Wildman–Crippen MR) is 73.2 cm³/mol. The predicted octanol–water partition coefficient (Wildman–Crippen LogP) is 2.98. The largest absolute Gasteiger partial charge is 0.223 e. The van der Waals surface area contributed by atoms with Gasteiger partial charge >= 0.3 is 0 Å². The Kier molecular flexibility index (Phi) is 3.86. The van der Waals surface area contributed by atoms with Gasteiger partial charge in [-0.25, -0.2) is 12.8 Å². The fourth-order valence-electron chi connectivity index (χ4n) is 1.77. The first-order valence-corrected chi connectivity index (χ1v) is 7.55. The summed E-state index contributed by atoms with van der Waals surface area (Å²) in [5.74, 6) is -1.10. The van der Waals surface area contributed by atoms with Crippen molar-refractivity contribution in [3.05, 3.63) is 65.0 Å². The average molecular weight is 289 g/mol. The maximum absolute atomic E-state index is 13.7. The first kappa shape index (κ1) is 14.2. The van der Waals surface area contributed by atoms with Gasteiger partial charge in [0.15, 0.2) is 9.84 Å². The van der Waals surface area contributed by atoms with Crippen LogP contribution < -0.4 is 0 Å². The number of nitrogens with zero attached hydrogens (tertiary/aromatic N) is 1. The number of aryl methyl sites for hydroxylation is 1. The topological polar surface area (TPSA) is 57.9 Å². The van der Waals surface area contributed by atoms with Crippen molar-refractivity contribution in [1.29, 1.82) is 5.26 Å². The van der Waals surface area contributed by atoms with E-state index >= 15 is 0 Å². The molecule has 2 aromatic carbocycles. The van der Waals surface area contributed by atoms with Crippen molar-refractivity contribution in [2.45, 2.75) is 17.6 Å². The van der Waals surface area contributed by atoms with Crippen molar-refractivity contribution in [2.24, 2.45) is 0 Å². The molecule has 102 valence electrons. The smallest absolute Gasteiger partial charge is 0.182 e. The molecule has 0 fully saturated rings. The third kappa shape index (κ3) is 3.03. The van der Waals surface area contributed by atoms with E-state index in [-0.39, 0.29) is 16.0 Å².